The summed E-state index contributed by atoms with van der Waals surface area (Å²) < 4.78 is 0. The van der Waals surface area contributed by atoms with Gasteiger partial charge in [0.2, 0.25) is 0 Å². The van der Waals surface area contributed by atoms with E-state index in [2.05, 4.69) is 40.2 Å². The van der Waals surface area contributed by atoms with Gasteiger partial charge in [0.15, 0.2) is 0 Å². The Morgan fingerprint density at radius 1 is 1.11 bits per heavy atom. The molecule has 5 heteroatoms. The average Bonchev–Trinajstić information content (AvgIpc) is 2.74. The second kappa shape index (κ2) is 8.15. The van der Waals surface area contributed by atoms with Crippen LogP contribution in [0.5, 0.6) is 0 Å². The highest BCUT2D eigenvalue weighted by Gasteiger charge is 2.25. The molecule has 1 aliphatic heterocycles. The van der Waals surface area contributed by atoms with Gasteiger partial charge >= 0.3 is 0 Å². The molecule has 1 aliphatic carbocycles. The van der Waals surface area contributed by atoms with Crippen LogP contribution >= 0.6 is 0 Å². The minimum atomic E-state index is -0.251. The molecule has 4 rings (SSSR count). The molecule has 28 heavy (non-hydrogen) atoms. The summed E-state index contributed by atoms with van der Waals surface area (Å²) in [5.74, 6) is 0.386. The molecular weight excluding hydrogens is 350 g/mol. The SMILES string of the molecule is C=C(Nc1cccc2c1CC(O)CC2)C1CCN(c2ccccc2N=O)CC1. The summed E-state index contributed by atoms with van der Waals surface area (Å²) in [5, 5.41) is 16.8. The predicted molar refractivity (Wildman–Crippen MR) is 114 cm³/mol. The van der Waals surface area contributed by atoms with E-state index in [0.29, 0.717) is 18.0 Å². The zero-order valence-corrected chi connectivity index (χ0v) is 16.1. The maximum absolute atomic E-state index is 11.1. The van der Waals surface area contributed by atoms with Crippen LogP contribution in [0, 0.1) is 10.8 Å². The number of hydrogen-bond donors (Lipinski definition) is 2. The molecule has 1 unspecified atom stereocenters. The summed E-state index contributed by atoms with van der Waals surface area (Å²) in [6.45, 7) is 6.07. The lowest BCUT2D eigenvalue weighted by Crippen LogP contribution is -2.35. The Bertz CT molecular complexity index is 872. The number of nitrogens with one attached hydrogen (secondary N) is 1. The fraction of sp³-hybridized carbons (Fsp3) is 0.391. The number of para-hydroxylation sites is 1. The normalized spacial score (nSPS) is 19.8. The quantitative estimate of drug-likeness (QED) is 0.736. The number of nitrogens with zero attached hydrogens (tertiary/aromatic N) is 2. The first kappa shape index (κ1) is 18.7. The van der Waals surface area contributed by atoms with Crippen molar-refractivity contribution in [3.63, 3.8) is 0 Å². The lowest BCUT2D eigenvalue weighted by atomic mass is 9.88. The highest BCUT2D eigenvalue weighted by Crippen LogP contribution is 2.34. The predicted octanol–water partition coefficient (Wildman–Crippen LogP) is 4.78. The van der Waals surface area contributed by atoms with E-state index in [1.54, 1.807) is 6.07 Å². The molecule has 2 N–H and O–H groups in total. The topological polar surface area (TPSA) is 64.9 Å². The largest absolute Gasteiger partial charge is 0.393 e. The molecule has 2 aromatic carbocycles. The number of hydrogen-bond acceptors (Lipinski definition) is 5. The summed E-state index contributed by atoms with van der Waals surface area (Å²) in [6.07, 6.45) is 4.19. The summed E-state index contributed by atoms with van der Waals surface area (Å²) in [7, 11) is 0. The monoisotopic (exact) mass is 377 g/mol. The molecule has 0 radical (unpaired) electrons. The highest BCUT2D eigenvalue weighted by molar-refractivity contribution is 5.67. The molecule has 146 valence electrons. The summed E-state index contributed by atoms with van der Waals surface area (Å²) in [4.78, 5) is 13.3. The first-order chi connectivity index (χ1) is 13.7. The number of nitroso groups, excluding NO2 is 1. The average molecular weight is 377 g/mol. The van der Waals surface area contributed by atoms with Gasteiger partial charge in [-0.05, 0) is 60.2 Å². The Hall–Kier alpha value is -2.66. The maximum Gasteiger partial charge on any atom is 0.131 e. The van der Waals surface area contributed by atoms with Gasteiger partial charge in [-0.25, -0.2) is 0 Å². The van der Waals surface area contributed by atoms with Gasteiger partial charge < -0.3 is 15.3 Å². The highest BCUT2D eigenvalue weighted by atomic mass is 16.3. The maximum atomic E-state index is 11.1. The number of benzene rings is 2. The molecule has 1 fully saturated rings. The van der Waals surface area contributed by atoms with Crippen molar-refractivity contribution in [2.45, 2.75) is 38.2 Å². The number of fused-ring (bicyclic) bond motifs is 1. The van der Waals surface area contributed by atoms with Gasteiger partial charge in [-0.15, -0.1) is 4.91 Å². The minimum Gasteiger partial charge on any atom is -0.393 e. The number of anilines is 2. The summed E-state index contributed by atoms with van der Waals surface area (Å²) >= 11 is 0. The van der Waals surface area contributed by atoms with Gasteiger partial charge in [0.05, 0.1) is 11.8 Å². The van der Waals surface area contributed by atoms with E-state index >= 15 is 0 Å². The number of aliphatic hydroxyl groups excluding tert-OH is 1. The lowest BCUT2D eigenvalue weighted by Gasteiger charge is -2.35. The zero-order valence-electron chi connectivity index (χ0n) is 16.1. The van der Waals surface area contributed by atoms with Gasteiger partial charge in [0, 0.05) is 36.8 Å². The first-order valence-corrected chi connectivity index (χ1v) is 10.1. The molecule has 5 nitrogen and oxygen atoms in total. The smallest absolute Gasteiger partial charge is 0.131 e. The van der Waals surface area contributed by atoms with E-state index in [4.69, 9.17) is 0 Å². The molecule has 2 aliphatic rings. The minimum absolute atomic E-state index is 0.251. The molecule has 0 saturated carbocycles. The van der Waals surface area contributed by atoms with Gasteiger partial charge in [0.25, 0.3) is 0 Å². The van der Waals surface area contributed by atoms with Crippen LogP contribution in [0.1, 0.15) is 30.4 Å². The van der Waals surface area contributed by atoms with Crippen molar-refractivity contribution < 1.29 is 5.11 Å². The Morgan fingerprint density at radius 3 is 2.68 bits per heavy atom. The van der Waals surface area contributed by atoms with E-state index in [1.165, 1.54) is 11.1 Å². The van der Waals surface area contributed by atoms with Crippen LogP contribution < -0.4 is 10.2 Å². The van der Waals surface area contributed by atoms with Crippen molar-refractivity contribution in [1.29, 1.82) is 0 Å². The van der Waals surface area contributed by atoms with Crippen molar-refractivity contribution in [3.05, 3.63) is 70.8 Å². The fourth-order valence-electron chi connectivity index (χ4n) is 4.44. The fourth-order valence-corrected chi connectivity index (χ4v) is 4.44. The van der Waals surface area contributed by atoms with E-state index in [9.17, 15) is 10.0 Å². The lowest BCUT2D eigenvalue weighted by molar-refractivity contribution is 0.159. The molecule has 2 aromatic rings. The third-order valence-electron chi connectivity index (χ3n) is 6.06. The van der Waals surface area contributed by atoms with Crippen molar-refractivity contribution in [2.24, 2.45) is 11.1 Å². The zero-order chi connectivity index (χ0) is 19.5. The molecule has 1 saturated heterocycles. The molecule has 1 atom stereocenters. The molecular formula is C23H27N3O2. The van der Waals surface area contributed by atoms with Crippen LogP contribution in [0.4, 0.5) is 17.1 Å². The number of aryl methyl sites for hydroxylation is 1. The van der Waals surface area contributed by atoms with Crippen LogP contribution in [0.25, 0.3) is 0 Å². The Balaban J connectivity index is 1.41. The molecule has 0 amide bonds. The second-order valence-corrected chi connectivity index (χ2v) is 7.83. The van der Waals surface area contributed by atoms with Crippen molar-refractivity contribution in [3.8, 4) is 0 Å². The van der Waals surface area contributed by atoms with E-state index < -0.39 is 0 Å². The molecule has 0 aromatic heterocycles. The van der Waals surface area contributed by atoms with Crippen LogP contribution in [-0.2, 0) is 12.8 Å². The number of rotatable bonds is 5. The van der Waals surface area contributed by atoms with Gasteiger partial charge in [-0.2, -0.15) is 0 Å². The third-order valence-corrected chi connectivity index (χ3v) is 6.06. The molecule has 0 bridgehead atoms. The van der Waals surface area contributed by atoms with Gasteiger partial charge in [0.1, 0.15) is 5.69 Å². The van der Waals surface area contributed by atoms with Crippen molar-refractivity contribution in [2.75, 3.05) is 23.3 Å². The van der Waals surface area contributed by atoms with Crippen LogP contribution in [-0.4, -0.2) is 24.3 Å². The summed E-state index contributed by atoms with van der Waals surface area (Å²) in [6, 6.07) is 13.8. The number of allylic oxidation sites excluding steroid dienone is 1. The van der Waals surface area contributed by atoms with Crippen molar-refractivity contribution in [1.82, 2.24) is 0 Å². The van der Waals surface area contributed by atoms with Gasteiger partial charge in [-0.1, -0.05) is 30.8 Å². The molecule has 0 spiro atoms. The van der Waals surface area contributed by atoms with E-state index in [-0.39, 0.29) is 6.10 Å². The van der Waals surface area contributed by atoms with Crippen LogP contribution in [0.2, 0.25) is 0 Å². The number of piperidine rings is 1. The van der Waals surface area contributed by atoms with Gasteiger partial charge in [-0.3, -0.25) is 0 Å². The number of aliphatic hydroxyl groups is 1. The standard InChI is InChI=1S/C23H27N3O2/c1-16(24-21-7-4-5-18-9-10-19(27)15-20(18)21)17-11-13-26(14-12-17)23-8-3-2-6-22(23)25-28/h2-8,17,19,24,27H,1,9-15H2. The summed E-state index contributed by atoms with van der Waals surface area (Å²) in [5.41, 5.74) is 6.10. The molecule has 1 heterocycles. The Kier molecular flexibility index (Phi) is 5.44. The Morgan fingerprint density at radius 2 is 1.89 bits per heavy atom. The van der Waals surface area contributed by atoms with Crippen molar-refractivity contribution >= 4 is 17.1 Å². The van der Waals surface area contributed by atoms with E-state index in [0.717, 1.165) is 55.8 Å². The third kappa shape index (κ3) is 3.80. The van der Waals surface area contributed by atoms with Crippen LogP contribution in [0.15, 0.2) is 59.9 Å². The second-order valence-electron chi connectivity index (χ2n) is 7.83. The van der Waals surface area contributed by atoms with Crippen LogP contribution in [0.3, 0.4) is 0 Å². The Labute approximate surface area is 166 Å². The van der Waals surface area contributed by atoms with E-state index in [1.807, 2.05) is 18.2 Å². The first-order valence-electron chi connectivity index (χ1n) is 10.1.